The van der Waals surface area contributed by atoms with Crippen molar-refractivity contribution < 1.29 is 19.7 Å². The Morgan fingerprint density at radius 2 is 2.20 bits per heavy atom. The van der Waals surface area contributed by atoms with Crippen LogP contribution in [0, 0.1) is 0 Å². The predicted molar refractivity (Wildman–Crippen MR) is 56.8 cm³/mol. The van der Waals surface area contributed by atoms with E-state index < -0.39 is 18.1 Å². The Morgan fingerprint density at radius 3 is 2.67 bits per heavy atom. The zero-order valence-electron chi connectivity index (χ0n) is 9.40. The third kappa shape index (κ3) is 7.30. The molecule has 0 aliphatic carbocycles. The van der Waals surface area contributed by atoms with Crippen LogP contribution in [-0.4, -0.2) is 48.6 Å². The van der Waals surface area contributed by atoms with E-state index in [0.717, 1.165) is 12.8 Å². The van der Waals surface area contributed by atoms with Gasteiger partial charge >= 0.3 is 5.97 Å². The largest absolute Gasteiger partial charge is 0.480 e. The molecule has 90 valence electrons. The SMILES string of the molecule is CCCCC(NCC(O)COC)C(=O)O. The number of hydrogen-bond donors (Lipinski definition) is 3. The zero-order valence-corrected chi connectivity index (χ0v) is 9.40. The zero-order chi connectivity index (χ0) is 11.7. The van der Waals surface area contributed by atoms with E-state index in [1.807, 2.05) is 6.92 Å². The molecule has 0 rings (SSSR count). The molecular formula is C10H21NO4. The summed E-state index contributed by atoms with van der Waals surface area (Å²) in [5.41, 5.74) is 0. The van der Waals surface area contributed by atoms with Gasteiger partial charge in [-0.15, -0.1) is 0 Å². The lowest BCUT2D eigenvalue weighted by Crippen LogP contribution is -2.42. The number of carboxylic acid groups (broad SMARTS) is 1. The van der Waals surface area contributed by atoms with Gasteiger partial charge < -0.3 is 20.3 Å². The van der Waals surface area contributed by atoms with Gasteiger partial charge in [-0.1, -0.05) is 19.8 Å². The smallest absolute Gasteiger partial charge is 0.320 e. The van der Waals surface area contributed by atoms with Crippen LogP contribution >= 0.6 is 0 Å². The fraction of sp³-hybridized carbons (Fsp3) is 0.900. The van der Waals surface area contributed by atoms with Crippen molar-refractivity contribution in [2.24, 2.45) is 0 Å². The Hall–Kier alpha value is -0.650. The van der Waals surface area contributed by atoms with Crippen molar-refractivity contribution in [2.75, 3.05) is 20.3 Å². The van der Waals surface area contributed by atoms with Gasteiger partial charge in [-0.2, -0.15) is 0 Å². The maximum Gasteiger partial charge on any atom is 0.320 e. The minimum atomic E-state index is -0.868. The van der Waals surface area contributed by atoms with E-state index in [0.29, 0.717) is 6.42 Å². The van der Waals surface area contributed by atoms with E-state index >= 15 is 0 Å². The summed E-state index contributed by atoms with van der Waals surface area (Å²) >= 11 is 0. The van der Waals surface area contributed by atoms with Gasteiger partial charge in [0.25, 0.3) is 0 Å². The molecule has 0 spiro atoms. The van der Waals surface area contributed by atoms with Gasteiger partial charge in [0.2, 0.25) is 0 Å². The third-order valence-corrected chi connectivity index (χ3v) is 2.10. The van der Waals surface area contributed by atoms with Gasteiger partial charge in [0.15, 0.2) is 0 Å². The molecule has 0 aromatic rings. The topological polar surface area (TPSA) is 78.8 Å². The molecule has 15 heavy (non-hydrogen) atoms. The van der Waals surface area contributed by atoms with Gasteiger partial charge in [0.1, 0.15) is 6.04 Å². The van der Waals surface area contributed by atoms with Crippen LogP contribution in [0.2, 0.25) is 0 Å². The molecule has 0 aliphatic rings. The standard InChI is InChI=1S/C10H21NO4/c1-3-4-5-9(10(13)14)11-6-8(12)7-15-2/h8-9,11-12H,3-7H2,1-2H3,(H,13,14). The summed E-state index contributed by atoms with van der Waals surface area (Å²) < 4.78 is 4.74. The molecule has 0 aromatic carbocycles. The first kappa shape index (κ1) is 14.3. The van der Waals surface area contributed by atoms with Crippen molar-refractivity contribution in [1.29, 1.82) is 0 Å². The van der Waals surface area contributed by atoms with Crippen LogP contribution < -0.4 is 5.32 Å². The minimum absolute atomic E-state index is 0.215. The highest BCUT2D eigenvalue weighted by atomic mass is 16.5. The van der Waals surface area contributed by atoms with E-state index in [2.05, 4.69) is 5.32 Å². The molecule has 2 unspecified atom stereocenters. The fourth-order valence-electron chi connectivity index (χ4n) is 1.25. The quantitative estimate of drug-likeness (QED) is 0.517. The highest BCUT2D eigenvalue weighted by Gasteiger charge is 2.17. The highest BCUT2D eigenvalue weighted by Crippen LogP contribution is 2.00. The van der Waals surface area contributed by atoms with Crippen LogP contribution in [0.25, 0.3) is 0 Å². The number of rotatable bonds is 9. The number of methoxy groups -OCH3 is 1. The van der Waals surface area contributed by atoms with E-state index in [1.165, 1.54) is 7.11 Å². The van der Waals surface area contributed by atoms with Gasteiger partial charge in [0.05, 0.1) is 12.7 Å². The summed E-state index contributed by atoms with van der Waals surface area (Å²) in [6.45, 7) is 2.47. The Labute approximate surface area is 90.4 Å². The number of hydrogen-bond acceptors (Lipinski definition) is 4. The summed E-state index contributed by atoms with van der Waals surface area (Å²) in [7, 11) is 1.50. The summed E-state index contributed by atoms with van der Waals surface area (Å²) in [6, 6.07) is -0.573. The number of unbranched alkanes of at least 4 members (excludes halogenated alkanes) is 1. The van der Waals surface area contributed by atoms with Gasteiger partial charge in [0, 0.05) is 13.7 Å². The maximum atomic E-state index is 10.8. The lowest BCUT2D eigenvalue weighted by molar-refractivity contribution is -0.139. The maximum absolute atomic E-state index is 10.8. The number of nitrogens with one attached hydrogen (secondary N) is 1. The lowest BCUT2D eigenvalue weighted by Gasteiger charge is -2.16. The molecule has 5 heteroatoms. The average molecular weight is 219 g/mol. The molecule has 5 nitrogen and oxygen atoms in total. The molecule has 0 aliphatic heterocycles. The van der Waals surface area contributed by atoms with E-state index in [4.69, 9.17) is 9.84 Å². The molecular weight excluding hydrogens is 198 g/mol. The van der Waals surface area contributed by atoms with E-state index in [-0.39, 0.29) is 13.2 Å². The number of carboxylic acids is 1. The van der Waals surface area contributed by atoms with E-state index in [9.17, 15) is 9.90 Å². The first-order chi connectivity index (χ1) is 7.11. The van der Waals surface area contributed by atoms with Crippen LogP contribution in [0.1, 0.15) is 26.2 Å². The number of aliphatic hydroxyl groups excluding tert-OH is 1. The summed E-state index contributed by atoms with van der Waals surface area (Å²) in [5.74, 6) is -0.868. The average Bonchev–Trinajstić information content (AvgIpc) is 2.17. The van der Waals surface area contributed by atoms with Crippen molar-refractivity contribution in [2.45, 2.75) is 38.3 Å². The Balaban J connectivity index is 3.79. The first-order valence-corrected chi connectivity index (χ1v) is 5.25. The first-order valence-electron chi connectivity index (χ1n) is 5.25. The van der Waals surface area contributed by atoms with Crippen molar-refractivity contribution in [3.8, 4) is 0 Å². The molecule has 0 saturated heterocycles. The predicted octanol–water partition coefficient (Wildman–Crippen LogP) is 0.227. The molecule has 0 radical (unpaired) electrons. The van der Waals surface area contributed by atoms with Crippen molar-refractivity contribution in [1.82, 2.24) is 5.32 Å². The number of aliphatic hydroxyl groups is 1. The van der Waals surface area contributed by atoms with Crippen LogP contribution in [0.4, 0.5) is 0 Å². The van der Waals surface area contributed by atoms with Crippen LogP contribution in [0.3, 0.4) is 0 Å². The summed E-state index contributed by atoms with van der Waals surface area (Å²) in [5, 5.41) is 21.0. The normalized spacial score (nSPS) is 14.9. The van der Waals surface area contributed by atoms with Crippen molar-refractivity contribution >= 4 is 5.97 Å². The molecule has 0 aromatic heterocycles. The second-order valence-electron chi connectivity index (χ2n) is 3.55. The van der Waals surface area contributed by atoms with Crippen LogP contribution in [-0.2, 0) is 9.53 Å². The van der Waals surface area contributed by atoms with Crippen molar-refractivity contribution in [3.63, 3.8) is 0 Å². The second-order valence-corrected chi connectivity index (χ2v) is 3.55. The van der Waals surface area contributed by atoms with Gasteiger partial charge in [-0.3, -0.25) is 4.79 Å². The Bertz CT molecular complexity index is 175. The van der Waals surface area contributed by atoms with Crippen LogP contribution in [0.15, 0.2) is 0 Å². The lowest BCUT2D eigenvalue weighted by atomic mass is 10.1. The second kappa shape index (κ2) is 8.64. The van der Waals surface area contributed by atoms with Gasteiger partial charge in [-0.05, 0) is 6.42 Å². The molecule has 3 N–H and O–H groups in total. The molecule has 0 amide bonds. The van der Waals surface area contributed by atoms with E-state index in [1.54, 1.807) is 0 Å². The monoisotopic (exact) mass is 219 g/mol. The number of carbonyl (C=O) groups is 1. The van der Waals surface area contributed by atoms with Crippen molar-refractivity contribution in [3.05, 3.63) is 0 Å². The fourth-order valence-corrected chi connectivity index (χ4v) is 1.25. The molecule has 0 fully saturated rings. The summed E-state index contributed by atoms with van der Waals surface area (Å²) in [4.78, 5) is 10.8. The van der Waals surface area contributed by atoms with Gasteiger partial charge in [-0.25, -0.2) is 0 Å². The number of aliphatic carboxylic acids is 1. The number of ether oxygens (including phenoxy) is 1. The molecule has 0 bridgehead atoms. The Morgan fingerprint density at radius 1 is 1.53 bits per heavy atom. The summed E-state index contributed by atoms with van der Waals surface area (Å²) in [6.07, 6.45) is 1.76. The minimum Gasteiger partial charge on any atom is -0.480 e. The highest BCUT2D eigenvalue weighted by molar-refractivity contribution is 5.73. The molecule has 0 heterocycles. The molecule has 2 atom stereocenters. The Kier molecular flexibility index (Phi) is 8.27. The molecule has 0 saturated carbocycles. The van der Waals surface area contributed by atoms with Crippen LogP contribution in [0.5, 0.6) is 0 Å². The third-order valence-electron chi connectivity index (χ3n) is 2.10.